The molecule has 1 aromatic carbocycles. The van der Waals surface area contributed by atoms with Crippen LogP contribution < -0.4 is 5.32 Å². The minimum absolute atomic E-state index is 0.323. The zero-order valence-electron chi connectivity index (χ0n) is 11.0. The Morgan fingerprint density at radius 2 is 2.11 bits per heavy atom. The predicted octanol–water partition coefficient (Wildman–Crippen LogP) is 3.96. The lowest BCUT2D eigenvalue weighted by atomic mass is 9.80. The van der Waals surface area contributed by atoms with Crippen molar-refractivity contribution in [1.82, 2.24) is 5.32 Å². The summed E-state index contributed by atoms with van der Waals surface area (Å²) < 4.78 is 0. The fraction of sp³-hybridized carbons (Fsp3) is 0.600. The van der Waals surface area contributed by atoms with Crippen molar-refractivity contribution in [3.8, 4) is 5.75 Å². The molecule has 2 rings (SSSR count). The van der Waals surface area contributed by atoms with Gasteiger partial charge in [-0.05, 0) is 43.0 Å². The summed E-state index contributed by atoms with van der Waals surface area (Å²) in [6.07, 6.45) is 5.43. The molecule has 0 aliphatic heterocycles. The Bertz CT molecular complexity index is 394. The molecule has 2 N–H and O–H groups in total. The number of halogens is 1. The van der Waals surface area contributed by atoms with Gasteiger partial charge in [0, 0.05) is 17.1 Å². The molecule has 3 heteroatoms. The highest BCUT2D eigenvalue weighted by molar-refractivity contribution is 6.30. The molecule has 2 atom stereocenters. The molecule has 1 fully saturated rings. The average Bonchev–Trinajstić information content (AvgIpc) is 2.36. The Balaban J connectivity index is 1.82. The van der Waals surface area contributed by atoms with Crippen LogP contribution in [0.5, 0.6) is 5.75 Å². The third-order valence-electron chi connectivity index (χ3n) is 4.05. The van der Waals surface area contributed by atoms with Crippen molar-refractivity contribution in [2.45, 2.75) is 39.2 Å². The Morgan fingerprint density at radius 3 is 2.89 bits per heavy atom. The van der Waals surface area contributed by atoms with Gasteiger partial charge in [-0.25, -0.2) is 0 Å². The number of hydrogen-bond donors (Lipinski definition) is 2. The second-order valence-corrected chi connectivity index (χ2v) is 5.86. The summed E-state index contributed by atoms with van der Waals surface area (Å²) in [5.41, 5.74) is 0.881. The van der Waals surface area contributed by atoms with Crippen molar-refractivity contribution in [3.05, 3.63) is 28.8 Å². The highest BCUT2D eigenvalue weighted by Crippen LogP contribution is 2.29. The number of phenols is 1. The normalized spacial score (nSPS) is 24.1. The van der Waals surface area contributed by atoms with Gasteiger partial charge in [0.05, 0.1) is 0 Å². The first-order chi connectivity index (χ1) is 8.66. The molecule has 0 saturated heterocycles. The Labute approximate surface area is 114 Å². The third kappa shape index (κ3) is 3.63. The van der Waals surface area contributed by atoms with Crippen LogP contribution in [0.4, 0.5) is 0 Å². The van der Waals surface area contributed by atoms with Crippen LogP contribution in [0.3, 0.4) is 0 Å². The molecular weight excluding hydrogens is 246 g/mol. The van der Waals surface area contributed by atoms with Crippen molar-refractivity contribution in [2.75, 3.05) is 6.54 Å². The summed E-state index contributed by atoms with van der Waals surface area (Å²) in [6.45, 7) is 4.07. The molecule has 0 radical (unpaired) electrons. The molecular formula is C15H22ClNO. The maximum atomic E-state index is 9.73. The van der Waals surface area contributed by atoms with E-state index in [0.29, 0.717) is 17.3 Å². The molecule has 2 unspecified atom stereocenters. The first-order valence-electron chi connectivity index (χ1n) is 6.85. The SMILES string of the molecule is CC1CCCCC1CNCc1cc(Cl)ccc1O. The van der Waals surface area contributed by atoms with E-state index in [4.69, 9.17) is 11.6 Å². The maximum Gasteiger partial charge on any atom is 0.120 e. The van der Waals surface area contributed by atoms with E-state index in [-0.39, 0.29) is 0 Å². The first-order valence-corrected chi connectivity index (χ1v) is 7.22. The topological polar surface area (TPSA) is 32.3 Å². The highest BCUT2D eigenvalue weighted by Gasteiger charge is 2.20. The van der Waals surface area contributed by atoms with Gasteiger partial charge in [0.2, 0.25) is 0 Å². The monoisotopic (exact) mass is 267 g/mol. The number of rotatable bonds is 4. The van der Waals surface area contributed by atoms with E-state index in [0.717, 1.165) is 23.9 Å². The summed E-state index contributed by atoms with van der Waals surface area (Å²) in [7, 11) is 0. The van der Waals surface area contributed by atoms with E-state index in [2.05, 4.69) is 12.2 Å². The van der Waals surface area contributed by atoms with Crippen molar-refractivity contribution in [2.24, 2.45) is 11.8 Å². The van der Waals surface area contributed by atoms with Crippen molar-refractivity contribution in [3.63, 3.8) is 0 Å². The summed E-state index contributed by atoms with van der Waals surface area (Å²) in [5, 5.41) is 13.9. The summed E-state index contributed by atoms with van der Waals surface area (Å²) in [4.78, 5) is 0. The Morgan fingerprint density at radius 1 is 1.33 bits per heavy atom. The molecule has 1 saturated carbocycles. The van der Waals surface area contributed by atoms with E-state index in [9.17, 15) is 5.11 Å². The fourth-order valence-corrected chi connectivity index (χ4v) is 2.98. The van der Waals surface area contributed by atoms with Gasteiger partial charge in [-0.15, -0.1) is 0 Å². The van der Waals surface area contributed by atoms with Crippen LogP contribution in [0.15, 0.2) is 18.2 Å². The van der Waals surface area contributed by atoms with Crippen LogP contribution in [0.2, 0.25) is 5.02 Å². The molecule has 0 amide bonds. The minimum atomic E-state index is 0.323. The highest BCUT2D eigenvalue weighted by atomic mass is 35.5. The summed E-state index contributed by atoms with van der Waals surface area (Å²) >= 11 is 5.93. The molecule has 0 bridgehead atoms. The first kappa shape index (κ1) is 13.7. The fourth-order valence-electron chi connectivity index (χ4n) is 2.78. The number of hydrogen-bond acceptors (Lipinski definition) is 2. The molecule has 0 heterocycles. The van der Waals surface area contributed by atoms with Crippen LogP contribution in [-0.2, 0) is 6.54 Å². The lowest BCUT2D eigenvalue weighted by molar-refractivity contribution is 0.247. The van der Waals surface area contributed by atoms with Gasteiger partial charge in [-0.2, -0.15) is 0 Å². The lowest BCUT2D eigenvalue weighted by Gasteiger charge is -2.29. The lowest BCUT2D eigenvalue weighted by Crippen LogP contribution is -2.29. The van der Waals surface area contributed by atoms with Crippen LogP contribution in [0.25, 0.3) is 0 Å². The molecule has 100 valence electrons. The zero-order valence-corrected chi connectivity index (χ0v) is 11.7. The number of nitrogens with one attached hydrogen (secondary N) is 1. The molecule has 0 spiro atoms. The van der Waals surface area contributed by atoms with Crippen molar-refractivity contribution in [1.29, 1.82) is 0 Å². The van der Waals surface area contributed by atoms with Crippen molar-refractivity contribution >= 4 is 11.6 Å². The van der Waals surface area contributed by atoms with Gasteiger partial charge >= 0.3 is 0 Å². The summed E-state index contributed by atoms with van der Waals surface area (Å²) in [6, 6.07) is 5.19. The van der Waals surface area contributed by atoms with E-state index in [1.165, 1.54) is 25.7 Å². The number of benzene rings is 1. The van der Waals surface area contributed by atoms with Gasteiger partial charge in [0.25, 0.3) is 0 Å². The third-order valence-corrected chi connectivity index (χ3v) is 4.29. The molecule has 1 aromatic rings. The number of aromatic hydroxyl groups is 1. The Hall–Kier alpha value is -0.730. The quantitative estimate of drug-likeness (QED) is 0.865. The Kier molecular flexibility index (Phi) is 4.90. The number of phenolic OH excluding ortho intramolecular Hbond substituents is 1. The van der Waals surface area contributed by atoms with Crippen LogP contribution >= 0.6 is 11.6 Å². The molecule has 2 nitrogen and oxygen atoms in total. The van der Waals surface area contributed by atoms with Crippen LogP contribution in [0, 0.1) is 11.8 Å². The second-order valence-electron chi connectivity index (χ2n) is 5.43. The largest absolute Gasteiger partial charge is 0.508 e. The second kappa shape index (κ2) is 6.44. The van der Waals surface area contributed by atoms with E-state index < -0.39 is 0 Å². The standard InChI is InChI=1S/C15H22ClNO/c1-11-4-2-3-5-12(11)9-17-10-13-8-14(16)6-7-15(13)18/h6-8,11-12,17-18H,2-5,9-10H2,1H3. The van der Waals surface area contributed by atoms with E-state index in [1.54, 1.807) is 12.1 Å². The maximum absolute atomic E-state index is 9.73. The molecule has 1 aliphatic rings. The van der Waals surface area contributed by atoms with E-state index >= 15 is 0 Å². The van der Waals surface area contributed by atoms with E-state index in [1.807, 2.05) is 6.07 Å². The van der Waals surface area contributed by atoms with Crippen LogP contribution in [-0.4, -0.2) is 11.7 Å². The van der Waals surface area contributed by atoms with Gasteiger partial charge in [0.1, 0.15) is 5.75 Å². The predicted molar refractivity (Wildman–Crippen MR) is 75.9 cm³/mol. The minimum Gasteiger partial charge on any atom is -0.508 e. The smallest absolute Gasteiger partial charge is 0.120 e. The summed E-state index contributed by atoms with van der Waals surface area (Å²) in [5.74, 6) is 1.92. The molecule has 1 aliphatic carbocycles. The zero-order chi connectivity index (χ0) is 13.0. The van der Waals surface area contributed by atoms with Gasteiger partial charge in [-0.3, -0.25) is 0 Å². The van der Waals surface area contributed by atoms with Crippen LogP contribution in [0.1, 0.15) is 38.2 Å². The molecule has 0 aromatic heterocycles. The molecule has 18 heavy (non-hydrogen) atoms. The van der Waals surface area contributed by atoms with Gasteiger partial charge < -0.3 is 10.4 Å². The van der Waals surface area contributed by atoms with Gasteiger partial charge in [0.15, 0.2) is 0 Å². The average molecular weight is 268 g/mol. The van der Waals surface area contributed by atoms with Gasteiger partial charge in [-0.1, -0.05) is 37.8 Å². The van der Waals surface area contributed by atoms with Crippen molar-refractivity contribution < 1.29 is 5.11 Å².